The molecule has 1 aromatic carbocycles. The summed E-state index contributed by atoms with van der Waals surface area (Å²) < 4.78 is 0. The lowest BCUT2D eigenvalue weighted by Gasteiger charge is -2.32. The van der Waals surface area contributed by atoms with Gasteiger partial charge in [-0.15, -0.1) is 11.8 Å². The van der Waals surface area contributed by atoms with Crippen LogP contribution in [0.2, 0.25) is 0 Å². The predicted molar refractivity (Wildman–Crippen MR) is 75.5 cm³/mol. The number of nitrogens with two attached hydrogens (primary N) is 1. The third-order valence-corrected chi connectivity index (χ3v) is 4.14. The van der Waals surface area contributed by atoms with Crippen LogP contribution < -0.4 is 5.73 Å². The van der Waals surface area contributed by atoms with Gasteiger partial charge in [-0.05, 0) is 31.3 Å². The van der Waals surface area contributed by atoms with Crippen molar-refractivity contribution in [3.05, 3.63) is 24.3 Å². The van der Waals surface area contributed by atoms with Crippen molar-refractivity contribution in [3.63, 3.8) is 0 Å². The number of nitrogens with zero attached hydrogens (tertiary/aromatic N) is 2. The molecule has 0 atom stereocenters. The Kier molecular flexibility index (Phi) is 4.71. The van der Waals surface area contributed by atoms with E-state index in [-0.39, 0.29) is 0 Å². The number of rotatable bonds is 4. The first-order chi connectivity index (χ1) is 8.24. The van der Waals surface area contributed by atoms with Crippen LogP contribution in [-0.4, -0.2) is 55.3 Å². The Bertz CT molecular complexity index is 331. The Balaban J connectivity index is 1.67. The molecule has 0 amide bonds. The van der Waals surface area contributed by atoms with Gasteiger partial charge in [0.25, 0.3) is 0 Å². The summed E-state index contributed by atoms with van der Waals surface area (Å²) in [6.07, 6.45) is 0. The van der Waals surface area contributed by atoms with Crippen LogP contribution in [0.3, 0.4) is 0 Å². The van der Waals surface area contributed by atoms with Crippen molar-refractivity contribution in [1.82, 2.24) is 9.80 Å². The first-order valence-corrected chi connectivity index (χ1v) is 7.12. The Morgan fingerprint density at radius 3 is 2.41 bits per heavy atom. The molecule has 1 aliphatic heterocycles. The number of anilines is 1. The molecule has 94 valence electrons. The van der Waals surface area contributed by atoms with Crippen molar-refractivity contribution in [2.75, 3.05) is 51.3 Å². The lowest BCUT2D eigenvalue weighted by molar-refractivity contribution is 0.161. The molecule has 2 rings (SSSR count). The van der Waals surface area contributed by atoms with Gasteiger partial charge in [-0.2, -0.15) is 0 Å². The minimum absolute atomic E-state index is 0.841. The van der Waals surface area contributed by atoms with Gasteiger partial charge in [0.15, 0.2) is 0 Å². The topological polar surface area (TPSA) is 32.5 Å². The highest BCUT2D eigenvalue weighted by molar-refractivity contribution is 7.99. The Labute approximate surface area is 108 Å². The average molecular weight is 251 g/mol. The van der Waals surface area contributed by atoms with E-state index in [1.165, 1.54) is 37.6 Å². The summed E-state index contributed by atoms with van der Waals surface area (Å²) in [6.45, 7) is 6.00. The van der Waals surface area contributed by atoms with Gasteiger partial charge >= 0.3 is 0 Å². The van der Waals surface area contributed by atoms with Gasteiger partial charge in [0.05, 0.1) is 0 Å². The third-order valence-electron chi connectivity index (χ3n) is 3.15. The Morgan fingerprint density at radius 1 is 1.12 bits per heavy atom. The van der Waals surface area contributed by atoms with Crippen LogP contribution in [0.25, 0.3) is 0 Å². The predicted octanol–water partition coefficient (Wildman–Crippen LogP) is 1.61. The van der Waals surface area contributed by atoms with Crippen molar-refractivity contribution in [2.45, 2.75) is 4.90 Å². The molecular weight excluding hydrogens is 230 g/mol. The summed E-state index contributed by atoms with van der Waals surface area (Å²) in [7, 11) is 2.19. The molecule has 1 saturated heterocycles. The van der Waals surface area contributed by atoms with Crippen LogP contribution >= 0.6 is 11.8 Å². The van der Waals surface area contributed by atoms with Crippen molar-refractivity contribution in [1.29, 1.82) is 0 Å². The zero-order chi connectivity index (χ0) is 12.1. The molecule has 1 aliphatic rings. The largest absolute Gasteiger partial charge is 0.399 e. The van der Waals surface area contributed by atoms with Gasteiger partial charge in [-0.3, -0.25) is 4.90 Å². The highest BCUT2D eigenvalue weighted by Gasteiger charge is 2.12. The molecule has 0 aromatic heterocycles. The summed E-state index contributed by atoms with van der Waals surface area (Å²) in [6, 6.07) is 8.14. The molecule has 0 unspecified atom stereocenters. The van der Waals surface area contributed by atoms with E-state index in [2.05, 4.69) is 29.0 Å². The van der Waals surface area contributed by atoms with E-state index in [0.717, 1.165) is 11.4 Å². The number of hydrogen-bond donors (Lipinski definition) is 1. The molecule has 0 aliphatic carbocycles. The third kappa shape index (κ3) is 4.22. The number of thioether (sulfide) groups is 1. The van der Waals surface area contributed by atoms with E-state index in [0.29, 0.717) is 0 Å². The molecule has 4 heteroatoms. The number of benzene rings is 1. The van der Waals surface area contributed by atoms with Gasteiger partial charge in [0, 0.05) is 49.1 Å². The molecule has 3 nitrogen and oxygen atoms in total. The minimum atomic E-state index is 0.841. The Hall–Kier alpha value is -0.710. The Morgan fingerprint density at radius 2 is 1.76 bits per heavy atom. The molecule has 0 saturated carbocycles. The maximum absolute atomic E-state index is 5.66. The van der Waals surface area contributed by atoms with Crippen LogP contribution in [0.1, 0.15) is 0 Å². The molecule has 1 aromatic rings. The molecule has 0 radical (unpaired) electrons. The number of hydrogen-bond acceptors (Lipinski definition) is 4. The normalized spacial score (nSPS) is 18.4. The van der Waals surface area contributed by atoms with Crippen LogP contribution in [-0.2, 0) is 0 Å². The van der Waals surface area contributed by atoms with Crippen LogP contribution in [0.5, 0.6) is 0 Å². The number of likely N-dealkylation sites (N-methyl/N-ethyl adjacent to an activating group) is 1. The SMILES string of the molecule is CN1CCN(CCSc2ccc(N)cc2)CC1. The highest BCUT2D eigenvalue weighted by Crippen LogP contribution is 2.19. The minimum Gasteiger partial charge on any atom is -0.399 e. The van der Waals surface area contributed by atoms with Crippen molar-refractivity contribution in [2.24, 2.45) is 0 Å². The molecule has 2 N–H and O–H groups in total. The molecule has 0 bridgehead atoms. The van der Waals surface area contributed by atoms with E-state index in [1.807, 2.05) is 23.9 Å². The smallest absolute Gasteiger partial charge is 0.0314 e. The van der Waals surface area contributed by atoms with E-state index in [9.17, 15) is 0 Å². The lowest BCUT2D eigenvalue weighted by Crippen LogP contribution is -2.45. The fourth-order valence-electron chi connectivity index (χ4n) is 1.93. The summed E-state index contributed by atoms with van der Waals surface area (Å²) in [4.78, 5) is 6.25. The van der Waals surface area contributed by atoms with E-state index < -0.39 is 0 Å². The second kappa shape index (κ2) is 6.28. The molecule has 0 spiro atoms. The van der Waals surface area contributed by atoms with Crippen LogP contribution in [0.4, 0.5) is 5.69 Å². The van der Waals surface area contributed by atoms with Crippen LogP contribution in [0, 0.1) is 0 Å². The van der Waals surface area contributed by atoms with Gasteiger partial charge < -0.3 is 10.6 Å². The van der Waals surface area contributed by atoms with Gasteiger partial charge in [-0.25, -0.2) is 0 Å². The standard InChI is InChI=1S/C13H21N3S/c1-15-6-8-16(9-7-15)10-11-17-13-4-2-12(14)3-5-13/h2-5H,6-11,14H2,1H3. The maximum atomic E-state index is 5.66. The van der Waals surface area contributed by atoms with E-state index in [1.54, 1.807) is 0 Å². The zero-order valence-electron chi connectivity index (χ0n) is 10.4. The second-order valence-corrected chi connectivity index (χ2v) is 5.73. The van der Waals surface area contributed by atoms with Gasteiger partial charge in [-0.1, -0.05) is 0 Å². The van der Waals surface area contributed by atoms with Gasteiger partial charge in [0.1, 0.15) is 0 Å². The summed E-state index contributed by atoms with van der Waals surface area (Å²) >= 11 is 1.91. The molecular formula is C13H21N3S. The zero-order valence-corrected chi connectivity index (χ0v) is 11.2. The second-order valence-electron chi connectivity index (χ2n) is 4.56. The molecule has 17 heavy (non-hydrogen) atoms. The quantitative estimate of drug-likeness (QED) is 0.651. The maximum Gasteiger partial charge on any atom is 0.0314 e. The monoisotopic (exact) mass is 251 g/mol. The number of nitrogen functional groups attached to an aromatic ring is 1. The van der Waals surface area contributed by atoms with Crippen molar-refractivity contribution >= 4 is 17.4 Å². The average Bonchev–Trinajstić information content (AvgIpc) is 2.34. The fraction of sp³-hybridized carbons (Fsp3) is 0.538. The van der Waals surface area contributed by atoms with E-state index >= 15 is 0 Å². The summed E-state index contributed by atoms with van der Waals surface area (Å²) in [5.41, 5.74) is 6.50. The fourth-order valence-corrected chi connectivity index (χ4v) is 2.84. The number of piperazine rings is 1. The van der Waals surface area contributed by atoms with Crippen molar-refractivity contribution < 1.29 is 0 Å². The highest BCUT2D eigenvalue weighted by atomic mass is 32.2. The van der Waals surface area contributed by atoms with Gasteiger partial charge in [0.2, 0.25) is 0 Å². The molecule has 1 heterocycles. The van der Waals surface area contributed by atoms with E-state index in [4.69, 9.17) is 5.73 Å². The summed E-state index contributed by atoms with van der Waals surface area (Å²) in [5, 5.41) is 0. The van der Waals surface area contributed by atoms with Crippen LogP contribution in [0.15, 0.2) is 29.2 Å². The first-order valence-electron chi connectivity index (χ1n) is 6.13. The summed E-state index contributed by atoms with van der Waals surface area (Å²) in [5.74, 6) is 1.16. The van der Waals surface area contributed by atoms with Crippen molar-refractivity contribution in [3.8, 4) is 0 Å². The molecule has 1 fully saturated rings. The lowest BCUT2D eigenvalue weighted by atomic mass is 10.3. The first kappa shape index (κ1) is 12.7.